The van der Waals surface area contributed by atoms with Gasteiger partial charge in [-0.05, 0) is 18.7 Å². The third kappa shape index (κ3) is 3.98. The van der Waals surface area contributed by atoms with Gasteiger partial charge in [-0.15, -0.1) is 0 Å². The Morgan fingerprint density at radius 2 is 2.06 bits per heavy atom. The van der Waals surface area contributed by atoms with Crippen LogP contribution in [0.5, 0.6) is 0 Å². The molecule has 1 aromatic rings. The predicted octanol–water partition coefficient (Wildman–Crippen LogP) is 1.54. The molecule has 1 atom stereocenters. The number of rotatable bonds is 6. The van der Waals surface area contributed by atoms with Crippen molar-refractivity contribution in [1.29, 1.82) is 0 Å². The van der Waals surface area contributed by atoms with E-state index >= 15 is 0 Å². The van der Waals surface area contributed by atoms with Crippen molar-refractivity contribution < 1.29 is 12.8 Å². The molecular weight excluding hydrogens is 226 g/mol. The Labute approximate surface area is 97.0 Å². The lowest BCUT2D eigenvalue weighted by Gasteiger charge is -2.14. The molecule has 0 aromatic carbocycles. The molecule has 1 unspecified atom stereocenters. The number of aryl methyl sites for hydroxylation is 1. The molecule has 0 saturated carbocycles. The average molecular weight is 245 g/mol. The molecule has 1 rings (SSSR count). The van der Waals surface area contributed by atoms with Gasteiger partial charge in [-0.25, -0.2) is 8.42 Å². The minimum absolute atomic E-state index is 0.0670. The number of furan rings is 1. The van der Waals surface area contributed by atoms with Crippen LogP contribution in [0.1, 0.15) is 31.4 Å². The first-order valence-corrected chi connectivity index (χ1v) is 7.52. The molecule has 4 nitrogen and oxygen atoms in total. The van der Waals surface area contributed by atoms with Gasteiger partial charge >= 0.3 is 0 Å². The van der Waals surface area contributed by atoms with Crippen LogP contribution >= 0.6 is 0 Å². The van der Waals surface area contributed by atoms with E-state index in [1.165, 1.54) is 6.26 Å². The van der Waals surface area contributed by atoms with E-state index < -0.39 is 9.84 Å². The first-order chi connectivity index (χ1) is 7.46. The summed E-state index contributed by atoms with van der Waals surface area (Å²) in [4.78, 5) is 0. The highest BCUT2D eigenvalue weighted by molar-refractivity contribution is 7.90. The van der Waals surface area contributed by atoms with Crippen LogP contribution in [0.25, 0.3) is 0 Å². The zero-order valence-electron chi connectivity index (χ0n) is 9.99. The van der Waals surface area contributed by atoms with Crippen LogP contribution in [0.15, 0.2) is 16.5 Å². The molecule has 0 saturated heterocycles. The Balaban J connectivity index is 2.84. The summed E-state index contributed by atoms with van der Waals surface area (Å²) in [7, 11) is -3.01. The summed E-state index contributed by atoms with van der Waals surface area (Å²) in [6.07, 6.45) is 2.05. The highest BCUT2D eigenvalue weighted by Gasteiger charge is 2.19. The standard InChI is InChI=1S/C11H19NO3S/c1-4-9-6-7-11(15-9)10(12-5-2)8-16(3,13)14/h6-7,10,12H,4-5,8H2,1-3H3. The van der Waals surface area contributed by atoms with Gasteiger partial charge in [0.2, 0.25) is 0 Å². The van der Waals surface area contributed by atoms with Crippen LogP contribution in [0.3, 0.4) is 0 Å². The fourth-order valence-electron chi connectivity index (χ4n) is 1.56. The van der Waals surface area contributed by atoms with Gasteiger partial charge in [0.25, 0.3) is 0 Å². The minimum atomic E-state index is -3.01. The maximum absolute atomic E-state index is 11.3. The molecule has 0 spiro atoms. The summed E-state index contributed by atoms with van der Waals surface area (Å²) in [5, 5.41) is 3.12. The zero-order valence-corrected chi connectivity index (χ0v) is 10.8. The minimum Gasteiger partial charge on any atom is -0.464 e. The SMILES string of the molecule is CCNC(CS(C)(=O)=O)c1ccc(CC)o1. The van der Waals surface area contributed by atoms with Gasteiger partial charge in [-0.2, -0.15) is 0 Å². The first-order valence-electron chi connectivity index (χ1n) is 5.46. The Bertz CT molecular complexity index is 422. The summed E-state index contributed by atoms with van der Waals surface area (Å²) in [5.41, 5.74) is 0. The second kappa shape index (κ2) is 5.50. The van der Waals surface area contributed by atoms with Crippen LogP contribution in [0.2, 0.25) is 0 Å². The van der Waals surface area contributed by atoms with E-state index in [1.807, 2.05) is 26.0 Å². The van der Waals surface area contributed by atoms with Crippen LogP contribution in [0.4, 0.5) is 0 Å². The highest BCUT2D eigenvalue weighted by Crippen LogP contribution is 2.18. The van der Waals surface area contributed by atoms with Crippen LogP contribution in [0, 0.1) is 0 Å². The van der Waals surface area contributed by atoms with Crippen LogP contribution in [-0.2, 0) is 16.3 Å². The third-order valence-corrected chi connectivity index (χ3v) is 3.23. The van der Waals surface area contributed by atoms with E-state index in [0.29, 0.717) is 12.3 Å². The summed E-state index contributed by atoms with van der Waals surface area (Å²) < 4.78 is 28.1. The zero-order chi connectivity index (χ0) is 12.2. The Hall–Kier alpha value is -0.810. The molecule has 16 heavy (non-hydrogen) atoms. The average Bonchev–Trinajstić information content (AvgIpc) is 2.63. The van der Waals surface area contributed by atoms with Crippen molar-refractivity contribution in [2.24, 2.45) is 0 Å². The molecule has 0 amide bonds. The van der Waals surface area contributed by atoms with Gasteiger partial charge < -0.3 is 9.73 Å². The summed E-state index contributed by atoms with van der Waals surface area (Å²) in [5.74, 6) is 1.65. The summed E-state index contributed by atoms with van der Waals surface area (Å²) in [6, 6.07) is 3.49. The molecule has 5 heteroatoms. The van der Waals surface area contributed by atoms with Crippen LogP contribution in [-0.4, -0.2) is 27.0 Å². The molecule has 0 bridgehead atoms. The van der Waals surface area contributed by atoms with E-state index in [-0.39, 0.29) is 11.8 Å². The fraction of sp³-hybridized carbons (Fsp3) is 0.636. The molecule has 0 aliphatic rings. The topological polar surface area (TPSA) is 59.3 Å². The fourth-order valence-corrected chi connectivity index (χ4v) is 2.45. The van der Waals surface area contributed by atoms with Gasteiger partial charge in [0.1, 0.15) is 21.4 Å². The molecule has 1 N–H and O–H groups in total. The number of hydrogen-bond acceptors (Lipinski definition) is 4. The molecule has 1 heterocycles. The Morgan fingerprint density at radius 3 is 2.50 bits per heavy atom. The quantitative estimate of drug-likeness (QED) is 0.826. The molecule has 92 valence electrons. The van der Waals surface area contributed by atoms with Gasteiger partial charge in [0.15, 0.2) is 0 Å². The van der Waals surface area contributed by atoms with Crippen molar-refractivity contribution in [2.75, 3.05) is 18.6 Å². The number of hydrogen-bond donors (Lipinski definition) is 1. The second-order valence-electron chi connectivity index (χ2n) is 3.86. The summed E-state index contributed by atoms with van der Waals surface area (Å²) in [6.45, 7) is 4.66. The van der Waals surface area contributed by atoms with Gasteiger partial charge in [0, 0.05) is 12.7 Å². The van der Waals surface area contributed by atoms with Gasteiger partial charge in [-0.3, -0.25) is 0 Å². The predicted molar refractivity (Wildman–Crippen MR) is 64.2 cm³/mol. The molecule has 1 aromatic heterocycles. The van der Waals surface area contributed by atoms with Gasteiger partial charge in [0.05, 0.1) is 11.8 Å². The smallest absolute Gasteiger partial charge is 0.149 e. The summed E-state index contributed by atoms with van der Waals surface area (Å²) >= 11 is 0. The molecule has 0 aliphatic heterocycles. The third-order valence-electron chi connectivity index (χ3n) is 2.29. The second-order valence-corrected chi connectivity index (χ2v) is 6.05. The maximum atomic E-state index is 11.3. The van der Waals surface area contributed by atoms with Gasteiger partial charge in [-0.1, -0.05) is 13.8 Å². The molecule has 0 aliphatic carbocycles. The molecule has 0 radical (unpaired) electrons. The first kappa shape index (κ1) is 13.3. The van der Waals surface area contributed by atoms with E-state index in [0.717, 1.165) is 12.2 Å². The normalized spacial score (nSPS) is 13.9. The number of nitrogens with one attached hydrogen (secondary N) is 1. The Morgan fingerprint density at radius 1 is 1.38 bits per heavy atom. The largest absolute Gasteiger partial charge is 0.464 e. The lowest BCUT2D eigenvalue weighted by Crippen LogP contribution is -2.27. The highest BCUT2D eigenvalue weighted by atomic mass is 32.2. The Kier molecular flexibility index (Phi) is 4.56. The van der Waals surface area contributed by atoms with Crippen molar-refractivity contribution >= 4 is 9.84 Å². The molecular formula is C11H19NO3S. The monoisotopic (exact) mass is 245 g/mol. The van der Waals surface area contributed by atoms with Crippen LogP contribution < -0.4 is 5.32 Å². The van der Waals surface area contributed by atoms with E-state index in [2.05, 4.69) is 5.32 Å². The van der Waals surface area contributed by atoms with Crippen molar-refractivity contribution in [3.63, 3.8) is 0 Å². The maximum Gasteiger partial charge on any atom is 0.149 e. The van der Waals surface area contributed by atoms with E-state index in [1.54, 1.807) is 0 Å². The van der Waals surface area contributed by atoms with Crippen molar-refractivity contribution in [1.82, 2.24) is 5.32 Å². The molecule has 0 fully saturated rings. The van der Waals surface area contributed by atoms with Crippen molar-refractivity contribution in [2.45, 2.75) is 26.3 Å². The van der Waals surface area contributed by atoms with E-state index in [4.69, 9.17) is 4.42 Å². The lowest BCUT2D eigenvalue weighted by atomic mass is 10.2. The van der Waals surface area contributed by atoms with Crippen molar-refractivity contribution in [3.05, 3.63) is 23.7 Å². The van der Waals surface area contributed by atoms with E-state index in [9.17, 15) is 8.42 Å². The lowest BCUT2D eigenvalue weighted by molar-refractivity contribution is 0.413. The number of sulfone groups is 1. The van der Waals surface area contributed by atoms with Crippen molar-refractivity contribution in [3.8, 4) is 0 Å².